The largest absolute Gasteiger partial charge is 0.310 e. The van der Waals surface area contributed by atoms with Crippen LogP contribution in [0.1, 0.15) is 35.3 Å². The zero-order valence-corrected chi connectivity index (χ0v) is 12.0. The molecule has 1 unspecified atom stereocenters. The van der Waals surface area contributed by atoms with E-state index in [1.807, 2.05) is 18.3 Å². The Labute approximate surface area is 115 Å². The van der Waals surface area contributed by atoms with Crippen LogP contribution in [0.15, 0.2) is 42.6 Å². The highest BCUT2D eigenvalue weighted by atomic mass is 14.9. The Morgan fingerprint density at radius 2 is 2.00 bits per heavy atom. The molecule has 1 aromatic carbocycles. The minimum atomic E-state index is 0.379. The highest BCUT2D eigenvalue weighted by Crippen LogP contribution is 2.18. The second-order valence-electron chi connectivity index (χ2n) is 5.11. The van der Waals surface area contributed by atoms with Gasteiger partial charge in [0.1, 0.15) is 0 Å². The third-order valence-electron chi connectivity index (χ3n) is 3.45. The molecule has 100 valence electrons. The second-order valence-corrected chi connectivity index (χ2v) is 5.11. The maximum Gasteiger partial charge on any atom is 0.0416 e. The van der Waals surface area contributed by atoms with Crippen LogP contribution in [-0.2, 0) is 6.42 Å². The summed E-state index contributed by atoms with van der Waals surface area (Å²) in [6.45, 7) is 7.48. The van der Waals surface area contributed by atoms with Gasteiger partial charge in [-0.15, -0.1) is 0 Å². The van der Waals surface area contributed by atoms with Crippen molar-refractivity contribution in [3.05, 3.63) is 65.0 Å². The standard InChI is InChI=1S/C17H22N2/c1-13-7-8-17(14(2)12-13)15(3)18-11-9-16-6-4-5-10-19-16/h4-8,10,12,15,18H,9,11H2,1-3H3. The van der Waals surface area contributed by atoms with Crippen molar-refractivity contribution in [3.8, 4) is 0 Å². The highest BCUT2D eigenvalue weighted by Gasteiger charge is 2.07. The summed E-state index contributed by atoms with van der Waals surface area (Å²) in [5, 5.41) is 3.57. The lowest BCUT2D eigenvalue weighted by atomic mass is 10.0. The van der Waals surface area contributed by atoms with Crippen LogP contribution >= 0.6 is 0 Å². The predicted octanol–water partition coefficient (Wildman–Crippen LogP) is 3.59. The summed E-state index contributed by atoms with van der Waals surface area (Å²) in [7, 11) is 0. The van der Waals surface area contributed by atoms with Gasteiger partial charge in [0.25, 0.3) is 0 Å². The Morgan fingerprint density at radius 1 is 1.16 bits per heavy atom. The maximum absolute atomic E-state index is 4.34. The number of pyridine rings is 1. The Hall–Kier alpha value is -1.67. The van der Waals surface area contributed by atoms with Gasteiger partial charge in [-0.05, 0) is 44.0 Å². The number of hydrogen-bond acceptors (Lipinski definition) is 2. The van der Waals surface area contributed by atoms with Crippen LogP contribution in [-0.4, -0.2) is 11.5 Å². The molecule has 0 spiro atoms. The van der Waals surface area contributed by atoms with Crippen molar-refractivity contribution in [2.75, 3.05) is 6.54 Å². The molecule has 2 nitrogen and oxygen atoms in total. The van der Waals surface area contributed by atoms with Gasteiger partial charge in [-0.3, -0.25) is 4.98 Å². The van der Waals surface area contributed by atoms with Gasteiger partial charge in [0.05, 0.1) is 0 Å². The van der Waals surface area contributed by atoms with Crippen LogP contribution < -0.4 is 5.32 Å². The second kappa shape index (κ2) is 6.48. The molecule has 0 amide bonds. The number of aromatic nitrogens is 1. The molecule has 19 heavy (non-hydrogen) atoms. The zero-order chi connectivity index (χ0) is 13.7. The molecular weight excluding hydrogens is 232 g/mol. The molecule has 0 aliphatic carbocycles. The van der Waals surface area contributed by atoms with Crippen LogP contribution in [0.25, 0.3) is 0 Å². The van der Waals surface area contributed by atoms with Crippen molar-refractivity contribution in [3.63, 3.8) is 0 Å². The molecule has 0 bridgehead atoms. The fourth-order valence-corrected chi connectivity index (χ4v) is 2.38. The maximum atomic E-state index is 4.34. The van der Waals surface area contributed by atoms with Gasteiger partial charge in [-0.1, -0.05) is 29.8 Å². The fraction of sp³-hybridized carbons (Fsp3) is 0.353. The molecule has 0 radical (unpaired) electrons. The average Bonchev–Trinajstić information content (AvgIpc) is 2.39. The lowest BCUT2D eigenvalue weighted by molar-refractivity contribution is 0.571. The van der Waals surface area contributed by atoms with E-state index >= 15 is 0 Å². The quantitative estimate of drug-likeness (QED) is 0.882. The first-order chi connectivity index (χ1) is 9.16. The van der Waals surface area contributed by atoms with Crippen molar-refractivity contribution in [2.24, 2.45) is 0 Å². The molecule has 0 saturated carbocycles. The molecule has 1 heterocycles. The van der Waals surface area contributed by atoms with Crippen LogP contribution in [0.3, 0.4) is 0 Å². The third-order valence-corrected chi connectivity index (χ3v) is 3.45. The zero-order valence-electron chi connectivity index (χ0n) is 12.0. The molecule has 2 rings (SSSR count). The van der Waals surface area contributed by atoms with Crippen molar-refractivity contribution < 1.29 is 0 Å². The van der Waals surface area contributed by atoms with Crippen LogP contribution in [0, 0.1) is 13.8 Å². The first-order valence-electron chi connectivity index (χ1n) is 6.87. The van der Waals surface area contributed by atoms with Crippen LogP contribution in [0.4, 0.5) is 0 Å². The smallest absolute Gasteiger partial charge is 0.0416 e. The molecule has 0 fully saturated rings. The molecule has 0 saturated heterocycles. The predicted molar refractivity (Wildman–Crippen MR) is 80.3 cm³/mol. The van der Waals surface area contributed by atoms with Gasteiger partial charge in [0.15, 0.2) is 0 Å². The van der Waals surface area contributed by atoms with E-state index in [2.05, 4.69) is 55.3 Å². The minimum Gasteiger partial charge on any atom is -0.310 e. The first-order valence-corrected chi connectivity index (χ1v) is 6.87. The van der Waals surface area contributed by atoms with E-state index in [0.717, 1.165) is 18.7 Å². The number of nitrogens with zero attached hydrogens (tertiary/aromatic N) is 1. The molecule has 2 aromatic rings. The molecule has 1 atom stereocenters. The van der Waals surface area contributed by atoms with E-state index in [4.69, 9.17) is 0 Å². The summed E-state index contributed by atoms with van der Waals surface area (Å²) < 4.78 is 0. The average molecular weight is 254 g/mol. The normalized spacial score (nSPS) is 12.4. The number of aryl methyl sites for hydroxylation is 2. The summed E-state index contributed by atoms with van der Waals surface area (Å²) in [5.74, 6) is 0. The van der Waals surface area contributed by atoms with E-state index in [9.17, 15) is 0 Å². The van der Waals surface area contributed by atoms with Crippen LogP contribution in [0.2, 0.25) is 0 Å². The number of nitrogens with one attached hydrogen (secondary N) is 1. The molecule has 1 N–H and O–H groups in total. The Morgan fingerprint density at radius 3 is 2.68 bits per heavy atom. The highest BCUT2D eigenvalue weighted by molar-refractivity contribution is 5.32. The van der Waals surface area contributed by atoms with E-state index in [1.165, 1.54) is 16.7 Å². The summed E-state index contributed by atoms with van der Waals surface area (Å²) >= 11 is 0. The van der Waals surface area contributed by atoms with E-state index in [-0.39, 0.29) is 0 Å². The number of rotatable bonds is 5. The third kappa shape index (κ3) is 3.90. The van der Waals surface area contributed by atoms with Gasteiger partial charge in [-0.25, -0.2) is 0 Å². The summed E-state index contributed by atoms with van der Waals surface area (Å²) in [6.07, 6.45) is 2.82. The first kappa shape index (κ1) is 13.8. The monoisotopic (exact) mass is 254 g/mol. The van der Waals surface area contributed by atoms with Crippen molar-refractivity contribution in [2.45, 2.75) is 33.2 Å². The lowest BCUT2D eigenvalue weighted by Crippen LogP contribution is -2.22. The topological polar surface area (TPSA) is 24.9 Å². The summed E-state index contributed by atoms with van der Waals surface area (Å²) in [6, 6.07) is 13.1. The number of benzene rings is 1. The Kier molecular flexibility index (Phi) is 4.69. The molecular formula is C17H22N2. The molecule has 0 aliphatic rings. The lowest BCUT2D eigenvalue weighted by Gasteiger charge is -2.17. The van der Waals surface area contributed by atoms with Crippen molar-refractivity contribution in [1.29, 1.82) is 0 Å². The van der Waals surface area contributed by atoms with Crippen molar-refractivity contribution >= 4 is 0 Å². The molecule has 0 aliphatic heterocycles. The van der Waals surface area contributed by atoms with Gasteiger partial charge in [0.2, 0.25) is 0 Å². The summed E-state index contributed by atoms with van der Waals surface area (Å²) in [5.41, 5.74) is 5.20. The van der Waals surface area contributed by atoms with Crippen molar-refractivity contribution in [1.82, 2.24) is 10.3 Å². The Bertz CT molecular complexity index is 520. The van der Waals surface area contributed by atoms with Gasteiger partial charge in [0, 0.05) is 30.9 Å². The van der Waals surface area contributed by atoms with E-state index in [0.29, 0.717) is 6.04 Å². The molecule has 2 heteroatoms. The SMILES string of the molecule is Cc1ccc(C(C)NCCc2ccccn2)c(C)c1. The van der Waals surface area contributed by atoms with Gasteiger partial charge in [-0.2, -0.15) is 0 Å². The fourth-order valence-electron chi connectivity index (χ4n) is 2.38. The molecule has 1 aromatic heterocycles. The van der Waals surface area contributed by atoms with Gasteiger partial charge >= 0.3 is 0 Å². The van der Waals surface area contributed by atoms with Crippen LogP contribution in [0.5, 0.6) is 0 Å². The van der Waals surface area contributed by atoms with Gasteiger partial charge < -0.3 is 5.32 Å². The number of hydrogen-bond donors (Lipinski definition) is 1. The summed E-state index contributed by atoms with van der Waals surface area (Å²) in [4.78, 5) is 4.34. The van der Waals surface area contributed by atoms with E-state index < -0.39 is 0 Å². The Balaban J connectivity index is 1.89. The minimum absolute atomic E-state index is 0.379. The van der Waals surface area contributed by atoms with E-state index in [1.54, 1.807) is 0 Å².